The van der Waals surface area contributed by atoms with E-state index in [0.29, 0.717) is 47.0 Å². The molecule has 1 atom stereocenters. The highest BCUT2D eigenvalue weighted by Crippen LogP contribution is 2.56. The topological polar surface area (TPSA) is 121 Å². The Hall–Kier alpha value is -3.85. The standard InChI is InChI=1S/C25H22ClN5O4/c1-33-23-21-17(11-19(31-23)13-2-3-13)25(8-9-28-24(27)35-25)16-10-15(5-7-20(16)34-21)30-22(32)18-6-4-14(26)12-29-18/h4-7,10-13H,2-3,8-9H2,1H3,(H2,27,28)(H,30,32)/t25-/m0/s1. The largest absolute Gasteiger partial charge is 0.478 e. The molecule has 1 amide bonds. The number of pyridine rings is 2. The van der Waals surface area contributed by atoms with Crippen LogP contribution in [0.3, 0.4) is 0 Å². The highest BCUT2D eigenvalue weighted by Gasteiger charge is 2.48. The molecule has 0 saturated heterocycles. The lowest BCUT2D eigenvalue weighted by Gasteiger charge is -2.41. The fraction of sp³-hybridized carbons (Fsp3) is 0.280. The first-order valence-electron chi connectivity index (χ1n) is 11.3. The molecule has 0 unspecified atom stereocenters. The van der Waals surface area contributed by atoms with Crippen LogP contribution >= 0.6 is 11.6 Å². The maximum atomic E-state index is 12.8. The van der Waals surface area contributed by atoms with Gasteiger partial charge in [-0.2, -0.15) is 0 Å². The zero-order valence-corrected chi connectivity index (χ0v) is 19.6. The van der Waals surface area contributed by atoms with Gasteiger partial charge in [0.1, 0.15) is 11.4 Å². The van der Waals surface area contributed by atoms with E-state index < -0.39 is 5.60 Å². The van der Waals surface area contributed by atoms with E-state index in [2.05, 4.69) is 15.3 Å². The van der Waals surface area contributed by atoms with Crippen molar-refractivity contribution in [2.75, 3.05) is 19.0 Å². The summed E-state index contributed by atoms with van der Waals surface area (Å²) < 4.78 is 18.2. The molecule has 1 fully saturated rings. The van der Waals surface area contributed by atoms with Gasteiger partial charge < -0.3 is 25.3 Å². The van der Waals surface area contributed by atoms with Crippen LogP contribution in [0.1, 0.15) is 52.5 Å². The van der Waals surface area contributed by atoms with Crippen molar-refractivity contribution in [1.82, 2.24) is 9.97 Å². The van der Waals surface area contributed by atoms with Gasteiger partial charge in [0.2, 0.25) is 0 Å². The number of amides is 1. The number of rotatable bonds is 4. The van der Waals surface area contributed by atoms with Crippen molar-refractivity contribution in [3.05, 3.63) is 70.1 Å². The van der Waals surface area contributed by atoms with Crippen LogP contribution in [0, 0.1) is 0 Å². The third-order valence-electron chi connectivity index (χ3n) is 6.44. The second-order valence-electron chi connectivity index (χ2n) is 8.74. The monoisotopic (exact) mass is 491 g/mol. The van der Waals surface area contributed by atoms with Crippen molar-refractivity contribution in [1.29, 1.82) is 0 Å². The molecular formula is C25H22ClN5O4. The number of ether oxygens (including phenoxy) is 3. The fourth-order valence-corrected chi connectivity index (χ4v) is 4.70. The number of fused-ring (bicyclic) bond motifs is 4. The van der Waals surface area contributed by atoms with Gasteiger partial charge in [0.05, 0.1) is 17.7 Å². The molecule has 3 N–H and O–H groups in total. The molecule has 1 aliphatic carbocycles. The number of carbonyl (C=O) groups is 1. The summed E-state index contributed by atoms with van der Waals surface area (Å²) >= 11 is 5.89. The van der Waals surface area contributed by atoms with Crippen LogP contribution in [0.25, 0.3) is 0 Å². The van der Waals surface area contributed by atoms with Gasteiger partial charge in [0.15, 0.2) is 11.4 Å². The summed E-state index contributed by atoms with van der Waals surface area (Å²) in [4.78, 5) is 25.8. The lowest BCUT2D eigenvalue weighted by molar-refractivity contribution is 0.0626. The van der Waals surface area contributed by atoms with Crippen molar-refractivity contribution in [3.8, 4) is 17.4 Å². The number of amidine groups is 1. The SMILES string of the molecule is COc1nc(C2CC2)cc2c1Oc1ccc(NC(=O)c3ccc(Cl)cn3)cc1[C@@]21CCN=C(N)O1. The molecule has 3 aromatic rings. The maximum Gasteiger partial charge on any atom is 0.283 e. The van der Waals surface area contributed by atoms with E-state index in [1.165, 1.54) is 6.20 Å². The van der Waals surface area contributed by atoms with E-state index in [1.807, 2.05) is 12.1 Å². The van der Waals surface area contributed by atoms with Crippen LogP contribution in [0.5, 0.6) is 17.4 Å². The second kappa shape index (κ2) is 8.13. The Labute approximate surface area is 206 Å². The number of nitrogens with one attached hydrogen (secondary N) is 1. The Morgan fingerprint density at radius 3 is 2.80 bits per heavy atom. The molecule has 9 nitrogen and oxygen atoms in total. The number of anilines is 1. The number of aliphatic imine (C=N–C) groups is 1. The molecule has 3 aliphatic rings. The molecule has 1 spiro atoms. The van der Waals surface area contributed by atoms with Gasteiger partial charge in [-0.3, -0.25) is 4.79 Å². The number of nitrogens with zero attached hydrogens (tertiary/aromatic N) is 3. The van der Waals surface area contributed by atoms with Gasteiger partial charge >= 0.3 is 0 Å². The number of hydrogen-bond acceptors (Lipinski definition) is 8. The predicted octanol–water partition coefficient (Wildman–Crippen LogP) is 4.35. The molecule has 0 radical (unpaired) electrons. The number of halogens is 1. The number of benzene rings is 1. The van der Waals surface area contributed by atoms with Crippen LogP contribution in [0.15, 0.2) is 47.6 Å². The summed E-state index contributed by atoms with van der Waals surface area (Å²) in [5, 5.41) is 3.35. The van der Waals surface area contributed by atoms with E-state index in [4.69, 9.17) is 36.5 Å². The van der Waals surface area contributed by atoms with Crippen LogP contribution < -0.4 is 20.5 Å². The molecule has 35 heavy (non-hydrogen) atoms. The average molecular weight is 492 g/mol. The first kappa shape index (κ1) is 21.7. The summed E-state index contributed by atoms with van der Waals surface area (Å²) in [5.74, 6) is 1.50. The third kappa shape index (κ3) is 3.72. The third-order valence-corrected chi connectivity index (χ3v) is 6.66. The Kier molecular flexibility index (Phi) is 5.03. The lowest BCUT2D eigenvalue weighted by atomic mass is 9.79. The average Bonchev–Trinajstić information content (AvgIpc) is 3.70. The maximum absolute atomic E-state index is 12.8. The van der Waals surface area contributed by atoms with Gasteiger partial charge in [-0.25, -0.2) is 15.0 Å². The van der Waals surface area contributed by atoms with Crippen molar-refractivity contribution in [3.63, 3.8) is 0 Å². The van der Waals surface area contributed by atoms with Crippen LogP contribution in [-0.4, -0.2) is 35.6 Å². The number of hydrogen-bond donors (Lipinski definition) is 2. The predicted molar refractivity (Wildman–Crippen MR) is 129 cm³/mol. The summed E-state index contributed by atoms with van der Waals surface area (Å²) in [5.41, 5.74) is 8.40. The van der Waals surface area contributed by atoms with E-state index in [0.717, 1.165) is 29.7 Å². The quantitative estimate of drug-likeness (QED) is 0.556. The summed E-state index contributed by atoms with van der Waals surface area (Å²) in [6, 6.07) is 10.7. The molecule has 6 rings (SSSR count). The van der Waals surface area contributed by atoms with Crippen molar-refractivity contribution < 1.29 is 19.0 Å². The minimum Gasteiger partial charge on any atom is -0.478 e. The molecule has 1 saturated carbocycles. The molecular weight excluding hydrogens is 470 g/mol. The normalized spacial score (nSPS) is 20.1. The zero-order valence-electron chi connectivity index (χ0n) is 18.9. The van der Waals surface area contributed by atoms with Crippen molar-refractivity contribution >= 4 is 29.2 Å². The number of aromatic nitrogens is 2. The molecule has 1 aromatic carbocycles. The van der Waals surface area contributed by atoms with Crippen LogP contribution in [0.2, 0.25) is 5.02 Å². The van der Waals surface area contributed by atoms with E-state index in [-0.39, 0.29) is 17.6 Å². The van der Waals surface area contributed by atoms with Crippen molar-refractivity contribution in [2.24, 2.45) is 10.7 Å². The molecule has 178 valence electrons. The zero-order chi connectivity index (χ0) is 24.2. The van der Waals surface area contributed by atoms with Gasteiger partial charge in [-0.15, -0.1) is 0 Å². The van der Waals surface area contributed by atoms with Crippen molar-refractivity contribution in [2.45, 2.75) is 30.8 Å². The summed E-state index contributed by atoms with van der Waals surface area (Å²) in [6.07, 6.45) is 4.13. The van der Waals surface area contributed by atoms with Gasteiger partial charge in [0.25, 0.3) is 17.8 Å². The lowest BCUT2D eigenvalue weighted by Crippen LogP contribution is -2.42. The number of carbonyl (C=O) groups excluding carboxylic acids is 1. The highest BCUT2D eigenvalue weighted by atomic mass is 35.5. The minimum atomic E-state index is -0.964. The molecule has 2 aliphatic heterocycles. The first-order chi connectivity index (χ1) is 17.0. The van der Waals surface area contributed by atoms with E-state index >= 15 is 0 Å². The first-order valence-corrected chi connectivity index (χ1v) is 11.7. The summed E-state index contributed by atoms with van der Waals surface area (Å²) in [6.45, 7) is 0.472. The minimum absolute atomic E-state index is 0.0959. The van der Waals surface area contributed by atoms with Gasteiger partial charge in [-0.05, 0) is 49.2 Å². The Morgan fingerprint density at radius 2 is 2.09 bits per heavy atom. The molecule has 4 heterocycles. The Morgan fingerprint density at radius 1 is 1.23 bits per heavy atom. The smallest absolute Gasteiger partial charge is 0.283 e. The van der Waals surface area contributed by atoms with Gasteiger partial charge in [0, 0.05) is 42.0 Å². The fourth-order valence-electron chi connectivity index (χ4n) is 4.59. The van der Waals surface area contributed by atoms with E-state index in [1.54, 1.807) is 31.4 Å². The van der Waals surface area contributed by atoms with E-state index in [9.17, 15) is 4.79 Å². The van der Waals surface area contributed by atoms with Crippen LogP contribution in [0.4, 0.5) is 5.69 Å². The Bertz CT molecular complexity index is 1370. The molecule has 2 aromatic heterocycles. The second-order valence-corrected chi connectivity index (χ2v) is 9.17. The number of nitrogens with two attached hydrogens (primary N) is 1. The van der Waals surface area contributed by atoms with Crippen LogP contribution in [-0.2, 0) is 10.3 Å². The number of methoxy groups -OCH3 is 1. The van der Waals surface area contributed by atoms with Gasteiger partial charge in [-0.1, -0.05) is 11.6 Å². The summed E-state index contributed by atoms with van der Waals surface area (Å²) in [7, 11) is 1.58. The molecule has 10 heteroatoms. The highest BCUT2D eigenvalue weighted by molar-refractivity contribution is 6.30. The molecule has 0 bridgehead atoms. The Balaban J connectivity index is 1.45.